The molecule has 3 heterocycles. The maximum absolute atomic E-state index is 12.8. The van der Waals surface area contributed by atoms with Gasteiger partial charge in [0.15, 0.2) is 0 Å². The third-order valence-corrected chi connectivity index (χ3v) is 4.97. The Morgan fingerprint density at radius 2 is 1.96 bits per heavy atom. The highest BCUT2D eigenvalue weighted by Crippen LogP contribution is 2.23. The zero-order valence-electron chi connectivity index (χ0n) is 16.1. The summed E-state index contributed by atoms with van der Waals surface area (Å²) in [6.45, 7) is 2.20. The van der Waals surface area contributed by atoms with Crippen LogP contribution in [0.25, 0.3) is 0 Å². The number of piperidine rings is 1. The lowest BCUT2D eigenvalue weighted by molar-refractivity contribution is -0.139. The molecule has 0 bridgehead atoms. The largest absolute Gasteiger partial charge is 0.472 e. The molecule has 2 aliphatic heterocycles. The number of esters is 1. The van der Waals surface area contributed by atoms with Gasteiger partial charge in [0.2, 0.25) is 5.88 Å². The van der Waals surface area contributed by atoms with Crippen LogP contribution in [0.4, 0.5) is 4.79 Å². The summed E-state index contributed by atoms with van der Waals surface area (Å²) in [5.74, 6) is -0.261. The molecule has 9 heteroatoms. The Hall–Kier alpha value is -2.84. The van der Waals surface area contributed by atoms with E-state index in [2.05, 4.69) is 15.0 Å². The number of likely N-dealkylation sites (tertiary alicyclic amines) is 2. The zero-order chi connectivity index (χ0) is 19.9. The second-order valence-electron chi connectivity index (χ2n) is 6.92. The number of pyridine rings is 1. The van der Waals surface area contributed by atoms with E-state index in [-0.39, 0.29) is 24.6 Å². The first-order valence-corrected chi connectivity index (χ1v) is 9.59. The number of urea groups is 1. The maximum atomic E-state index is 12.8. The summed E-state index contributed by atoms with van der Waals surface area (Å²) in [5, 5.41) is 2.51. The van der Waals surface area contributed by atoms with Gasteiger partial charge >= 0.3 is 12.0 Å². The molecular weight excluding hydrogens is 364 g/mol. The molecule has 28 heavy (non-hydrogen) atoms. The van der Waals surface area contributed by atoms with Gasteiger partial charge in [-0.2, -0.15) is 0 Å². The van der Waals surface area contributed by atoms with Gasteiger partial charge in [-0.25, -0.2) is 9.78 Å². The van der Waals surface area contributed by atoms with Gasteiger partial charge in [-0.1, -0.05) is 0 Å². The monoisotopic (exact) mass is 390 g/mol. The van der Waals surface area contributed by atoms with Crippen molar-refractivity contribution in [1.82, 2.24) is 20.1 Å². The topological polar surface area (TPSA) is 101 Å². The molecule has 0 aliphatic carbocycles. The van der Waals surface area contributed by atoms with E-state index in [4.69, 9.17) is 4.74 Å². The van der Waals surface area contributed by atoms with Crippen LogP contribution in [-0.2, 0) is 9.53 Å². The smallest absolute Gasteiger partial charge is 0.325 e. The molecule has 152 valence electrons. The molecule has 1 atom stereocenters. The van der Waals surface area contributed by atoms with Gasteiger partial charge in [-0.15, -0.1) is 0 Å². The molecule has 0 saturated carbocycles. The van der Waals surface area contributed by atoms with Crippen molar-refractivity contribution < 1.29 is 23.9 Å². The summed E-state index contributed by atoms with van der Waals surface area (Å²) in [6, 6.07) is 3.11. The average Bonchev–Trinajstić information content (AvgIpc) is 3.21. The normalized spacial score (nSPS) is 19.2. The number of ether oxygens (including phenoxy) is 2. The molecule has 2 saturated heterocycles. The van der Waals surface area contributed by atoms with Crippen LogP contribution in [0.2, 0.25) is 0 Å². The first kappa shape index (κ1) is 19.9. The van der Waals surface area contributed by atoms with Gasteiger partial charge in [0.25, 0.3) is 5.91 Å². The van der Waals surface area contributed by atoms with Crippen molar-refractivity contribution >= 4 is 17.9 Å². The molecule has 1 N–H and O–H groups in total. The lowest BCUT2D eigenvalue weighted by Gasteiger charge is -2.27. The van der Waals surface area contributed by atoms with Crippen LogP contribution in [0.5, 0.6) is 5.88 Å². The standard InChI is InChI=1S/C19H26N4O5/c1-27-16(24)12-21-19(26)23-11-7-14(13-23)28-17-15(6-5-8-20-17)18(25)22-9-3-2-4-10-22/h5-6,8,14H,2-4,7,9-13H2,1H3,(H,21,26). The number of carbonyl (C=O) groups is 3. The van der Waals surface area contributed by atoms with E-state index >= 15 is 0 Å². The highest BCUT2D eigenvalue weighted by molar-refractivity contribution is 5.96. The van der Waals surface area contributed by atoms with Gasteiger partial charge in [0.1, 0.15) is 18.2 Å². The Labute approximate surface area is 164 Å². The van der Waals surface area contributed by atoms with Gasteiger partial charge in [0.05, 0.1) is 13.7 Å². The molecule has 1 aromatic heterocycles. The summed E-state index contributed by atoms with van der Waals surface area (Å²) >= 11 is 0. The molecule has 0 spiro atoms. The van der Waals surface area contributed by atoms with Crippen molar-refractivity contribution in [2.45, 2.75) is 31.8 Å². The summed E-state index contributed by atoms with van der Waals surface area (Å²) in [4.78, 5) is 43.8. The number of hydrogen-bond acceptors (Lipinski definition) is 6. The number of amides is 3. The van der Waals surface area contributed by atoms with Crippen LogP contribution in [0.1, 0.15) is 36.0 Å². The second kappa shape index (κ2) is 9.38. The molecule has 0 aromatic carbocycles. The summed E-state index contributed by atoms with van der Waals surface area (Å²) in [6.07, 6.45) is 5.14. The molecule has 3 amide bonds. The fraction of sp³-hybridized carbons (Fsp3) is 0.579. The van der Waals surface area contributed by atoms with Crippen LogP contribution < -0.4 is 10.1 Å². The van der Waals surface area contributed by atoms with Crippen molar-refractivity contribution in [2.24, 2.45) is 0 Å². The van der Waals surface area contributed by atoms with E-state index in [0.717, 1.165) is 32.4 Å². The number of methoxy groups -OCH3 is 1. The molecule has 0 radical (unpaired) electrons. The number of nitrogens with zero attached hydrogens (tertiary/aromatic N) is 3. The van der Waals surface area contributed by atoms with Gasteiger partial charge in [-0.05, 0) is 31.4 Å². The average molecular weight is 390 g/mol. The fourth-order valence-corrected chi connectivity index (χ4v) is 3.41. The minimum Gasteiger partial charge on any atom is -0.472 e. The van der Waals surface area contributed by atoms with Crippen LogP contribution in [0.3, 0.4) is 0 Å². The quantitative estimate of drug-likeness (QED) is 0.754. The van der Waals surface area contributed by atoms with E-state index in [9.17, 15) is 14.4 Å². The molecule has 1 aromatic rings. The number of aromatic nitrogens is 1. The van der Waals surface area contributed by atoms with Crippen molar-refractivity contribution in [1.29, 1.82) is 0 Å². The predicted molar refractivity (Wildman–Crippen MR) is 100 cm³/mol. The Morgan fingerprint density at radius 1 is 1.18 bits per heavy atom. The Bertz CT molecular complexity index is 720. The van der Waals surface area contributed by atoms with E-state index in [1.807, 2.05) is 4.90 Å². The highest BCUT2D eigenvalue weighted by Gasteiger charge is 2.30. The van der Waals surface area contributed by atoms with Crippen LogP contribution >= 0.6 is 0 Å². The summed E-state index contributed by atoms with van der Waals surface area (Å²) in [5.41, 5.74) is 0.456. The Balaban J connectivity index is 1.58. The molecule has 2 aliphatic rings. The molecule has 2 fully saturated rings. The van der Waals surface area contributed by atoms with E-state index in [0.29, 0.717) is 31.0 Å². The first-order valence-electron chi connectivity index (χ1n) is 9.59. The van der Waals surface area contributed by atoms with E-state index in [1.54, 1.807) is 23.2 Å². The van der Waals surface area contributed by atoms with Crippen molar-refractivity contribution in [3.8, 4) is 5.88 Å². The van der Waals surface area contributed by atoms with Gasteiger partial charge < -0.3 is 24.6 Å². The minimum absolute atomic E-state index is 0.0616. The number of carbonyl (C=O) groups excluding carboxylic acids is 3. The third-order valence-electron chi connectivity index (χ3n) is 4.97. The number of hydrogen-bond donors (Lipinski definition) is 1. The van der Waals surface area contributed by atoms with Gasteiger partial charge in [0, 0.05) is 32.3 Å². The number of nitrogens with one attached hydrogen (secondary N) is 1. The lowest BCUT2D eigenvalue weighted by Crippen LogP contribution is -2.41. The Morgan fingerprint density at radius 3 is 2.71 bits per heavy atom. The first-order chi connectivity index (χ1) is 13.6. The fourth-order valence-electron chi connectivity index (χ4n) is 3.41. The second-order valence-corrected chi connectivity index (χ2v) is 6.92. The third kappa shape index (κ3) is 4.90. The SMILES string of the molecule is COC(=O)CNC(=O)N1CCC(Oc2ncccc2C(=O)N2CCCCC2)C1. The van der Waals surface area contributed by atoms with Crippen LogP contribution in [0, 0.1) is 0 Å². The van der Waals surface area contributed by atoms with Crippen molar-refractivity contribution in [3.05, 3.63) is 23.9 Å². The van der Waals surface area contributed by atoms with Crippen LogP contribution in [-0.4, -0.2) is 78.6 Å². The zero-order valence-corrected chi connectivity index (χ0v) is 16.1. The Kier molecular flexibility index (Phi) is 6.67. The van der Waals surface area contributed by atoms with Crippen LogP contribution in [0.15, 0.2) is 18.3 Å². The molecule has 9 nitrogen and oxygen atoms in total. The van der Waals surface area contributed by atoms with E-state index < -0.39 is 5.97 Å². The van der Waals surface area contributed by atoms with Crippen molar-refractivity contribution in [3.63, 3.8) is 0 Å². The molecular formula is C19H26N4O5. The van der Waals surface area contributed by atoms with Crippen molar-refractivity contribution in [2.75, 3.05) is 39.8 Å². The molecule has 1 unspecified atom stereocenters. The summed E-state index contributed by atoms with van der Waals surface area (Å²) < 4.78 is 10.5. The number of rotatable bonds is 5. The van der Waals surface area contributed by atoms with E-state index in [1.165, 1.54) is 7.11 Å². The molecule has 3 rings (SSSR count). The summed E-state index contributed by atoms with van der Waals surface area (Å²) in [7, 11) is 1.27. The maximum Gasteiger partial charge on any atom is 0.325 e. The lowest BCUT2D eigenvalue weighted by atomic mass is 10.1. The predicted octanol–water partition coefficient (Wildman–Crippen LogP) is 1.04. The highest BCUT2D eigenvalue weighted by atomic mass is 16.5. The minimum atomic E-state index is -0.505. The van der Waals surface area contributed by atoms with Gasteiger partial charge in [-0.3, -0.25) is 9.59 Å².